The van der Waals surface area contributed by atoms with E-state index < -0.39 is 12.2 Å². The molecule has 2 fully saturated rings. The number of aromatic amines is 1. The third-order valence-electron chi connectivity index (χ3n) is 11.2. The van der Waals surface area contributed by atoms with Gasteiger partial charge in [0.1, 0.15) is 5.82 Å². The second-order valence-corrected chi connectivity index (χ2v) is 14.6. The Labute approximate surface area is 318 Å². The van der Waals surface area contributed by atoms with Crippen molar-refractivity contribution in [1.82, 2.24) is 24.8 Å². The third-order valence-corrected chi connectivity index (χ3v) is 11.2. The number of pyridine rings is 1. The monoisotopic (exact) mass is 727 g/mol. The van der Waals surface area contributed by atoms with E-state index in [2.05, 4.69) is 65.6 Å². The second kappa shape index (κ2) is 14.6. The first-order valence-corrected chi connectivity index (χ1v) is 19.0. The highest BCUT2D eigenvalue weighted by atomic mass is 16.3. The molecule has 2 aliphatic rings. The minimum absolute atomic E-state index is 0.186. The molecule has 2 saturated heterocycles. The lowest BCUT2D eigenvalue weighted by molar-refractivity contribution is -0.142. The van der Waals surface area contributed by atoms with Crippen molar-refractivity contribution in [3.05, 3.63) is 156 Å². The number of carbonyl (C=O) groups is 2. The number of fused-ring (bicyclic) bond motifs is 2. The molecule has 9 rings (SSSR count). The standard InChI is InChI=1S/C46H41N5O4/c52-42(32-9-3-1-4-10-32)45(54)50-25-7-13-40(50)37-24-21-31-19-20-34(27-38(31)47-37)29-15-17-30(18-16-29)35-22-23-36-39(28-35)49-44(48-36)41-14-8-26-51(41)46(55)43(53)33-11-5-2-6-12-33/h1-6,9-12,15-24,27-28,40-43,52-53H,7-8,13-14,25-26H2,(H,48,49). The predicted octanol–water partition coefficient (Wildman–Crippen LogP) is 8.24. The number of nitrogens with one attached hydrogen (secondary N) is 1. The largest absolute Gasteiger partial charge is 0.378 e. The first-order valence-electron chi connectivity index (χ1n) is 19.0. The van der Waals surface area contributed by atoms with Gasteiger partial charge in [-0.15, -0.1) is 0 Å². The smallest absolute Gasteiger partial charge is 0.256 e. The van der Waals surface area contributed by atoms with Gasteiger partial charge in [-0.3, -0.25) is 14.6 Å². The van der Waals surface area contributed by atoms with E-state index in [-0.39, 0.29) is 23.9 Å². The Morgan fingerprint density at radius 2 is 1.11 bits per heavy atom. The van der Waals surface area contributed by atoms with Crippen molar-refractivity contribution in [2.24, 2.45) is 0 Å². The molecule has 3 N–H and O–H groups in total. The Balaban J connectivity index is 0.921. The van der Waals surface area contributed by atoms with Crippen LogP contribution in [0.15, 0.2) is 133 Å². The average molecular weight is 728 g/mol. The van der Waals surface area contributed by atoms with E-state index in [9.17, 15) is 19.8 Å². The van der Waals surface area contributed by atoms with Crippen molar-refractivity contribution in [3.63, 3.8) is 0 Å². The number of benzene rings is 5. The number of likely N-dealkylation sites (tertiary alicyclic amines) is 2. The van der Waals surface area contributed by atoms with Crippen molar-refractivity contribution in [3.8, 4) is 22.3 Å². The number of rotatable bonds is 8. The van der Waals surface area contributed by atoms with Gasteiger partial charge in [0.05, 0.1) is 34.3 Å². The van der Waals surface area contributed by atoms with Gasteiger partial charge in [-0.1, -0.05) is 109 Å². The first kappa shape index (κ1) is 34.6. The van der Waals surface area contributed by atoms with Crippen LogP contribution < -0.4 is 0 Å². The number of hydrogen-bond donors (Lipinski definition) is 3. The van der Waals surface area contributed by atoms with Gasteiger partial charge in [-0.05, 0) is 83.3 Å². The Morgan fingerprint density at radius 1 is 0.582 bits per heavy atom. The molecule has 4 atom stereocenters. The van der Waals surface area contributed by atoms with E-state index >= 15 is 0 Å². The number of aromatic nitrogens is 3. The minimum atomic E-state index is -1.20. The fourth-order valence-electron chi connectivity index (χ4n) is 8.24. The number of carbonyl (C=O) groups excluding carboxylic acids is 2. The van der Waals surface area contributed by atoms with Crippen LogP contribution in [0.4, 0.5) is 0 Å². The van der Waals surface area contributed by atoms with E-state index in [4.69, 9.17) is 9.97 Å². The molecule has 0 saturated carbocycles. The summed E-state index contributed by atoms with van der Waals surface area (Å²) in [6.07, 6.45) is 0.891. The number of nitrogens with zero attached hydrogens (tertiary/aromatic N) is 4. The Bertz CT molecular complexity index is 2500. The summed E-state index contributed by atoms with van der Waals surface area (Å²) >= 11 is 0. The Kier molecular flexibility index (Phi) is 9.17. The lowest BCUT2D eigenvalue weighted by atomic mass is 9.99. The highest BCUT2D eigenvalue weighted by molar-refractivity contribution is 5.87. The van der Waals surface area contributed by atoms with Gasteiger partial charge in [-0.2, -0.15) is 0 Å². The summed E-state index contributed by atoms with van der Waals surface area (Å²) in [4.78, 5) is 43.7. The zero-order valence-electron chi connectivity index (χ0n) is 30.3. The van der Waals surface area contributed by atoms with Crippen molar-refractivity contribution in [2.45, 2.75) is 50.0 Å². The third kappa shape index (κ3) is 6.66. The average Bonchev–Trinajstić information content (AvgIpc) is 4.03. The number of aliphatic hydroxyl groups is 2. The van der Waals surface area contributed by atoms with Crippen LogP contribution in [0, 0.1) is 0 Å². The van der Waals surface area contributed by atoms with Crippen molar-refractivity contribution >= 4 is 33.8 Å². The fourth-order valence-corrected chi connectivity index (χ4v) is 8.24. The van der Waals surface area contributed by atoms with Crippen molar-refractivity contribution in [2.75, 3.05) is 13.1 Å². The molecule has 2 aromatic heterocycles. The second-order valence-electron chi connectivity index (χ2n) is 14.6. The zero-order chi connectivity index (χ0) is 37.5. The molecule has 274 valence electrons. The molecule has 2 aliphatic heterocycles. The molecule has 9 nitrogen and oxygen atoms in total. The molecule has 5 aromatic carbocycles. The zero-order valence-corrected chi connectivity index (χ0v) is 30.3. The summed E-state index contributed by atoms with van der Waals surface area (Å²) in [7, 11) is 0. The summed E-state index contributed by atoms with van der Waals surface area (Å²) in [6.45, 7) is 1.17. The topological polar surface area (TPSA) is 123 Å². The quantitative estimate of drug-likeness (QED) is 0.145. The molecule has 0 bridgehead atoms. The van der Waals surface area contributed by atoms with E-state index in [1.54, 1.807) is 34.1 Å². The summed E-state index contributed by atoms with van der Waals surface area (Å²) in [5.41, 5.74) is 8.83. The van der Waals surface area contributed by atoms with Gasteiger partial charge >= 0.3 is 0 Å². The molecular weight excluding hydrogens is 687 g/mol. The van der Waals surface area contributed by atoms with Gasteiger partial charge in [0.2, 0.25) is 0 Å². The van der Waals surface area contributed by atoms with Crippen molar-refractivity contribution < 1.29 is 19.8 Å². The summed E-state index contributed by atoms with van der Waals surface area (Å²) in [6, 6.07) is 42.7. The van der Waals surface area contributed by atoms with Gasteiger partial charge in [0, 0.05) is 18.5 Å². The molecule has 9 heteroatoms. The lowest BCUT2D eigenvalue weighted by Gasteiger charge is -2.27. The van der Waals surface area contributed by atoms with E-state index in [1.807, 2.05) is 48.5 Å². The summed E-state index contributed by atoms with van der Waals surface area (Å²) in [5, 5.41) is 22.7. The maximum Gasteiger partial charge on any atom is 0.256 e. The summed E-state index contributed by atoms with van der Waals surface area (Å²) < 4.78 is 0. The number of H-pyrrole nitrogens is 1. The molecule has 0 spiro atoms. The molecule has 0 radical (unpaired) electrons. The predicted molar refractivity (Wildman–Crippen MR) is 212 cm³/mol. The van der Waals surface area contributed by atoms with Gasteiger partial charge in [0.15, 0.2) is 12.2 Å². The van der Waals surface area contributed by atoms with Crippen LogP contribution in [-0.4, -0.2) is 59.9 Å². The van der Waals surface area contributed by atoms with E-state index in [1.165, 1.54) is 0 Å². The first-order chi connectivity index (χ1) is 26.9. The maximum absolute atomic E-state index is 13.4. The normalized spacial score (nSPS) is 18.2. The molecule has 55 heavy (non-hydrogen) atoms. The van der Waals surface area contributed by atoms with Crippen LogP contribution in [0.5, 0.6) is 0 Å². The molecule has 7 aromatic rings. The Hall–Kier alpha value is -6.16. The number of imidazole rings is 1. The van der Waals surface area contributed by atoms with Crippen LogP contribution in [0.3, 0.4) is 0 Å². The van der Waals surface area contributed by atoms with Gasteiger partial charge in [-0.25, -0.2) is 4.98 Å². The van der Waals surface area contributed by atoms with Crippen LogP contribution in [0.1, 0.15) is 72.6 Å². The highest BCUT2D eigenvalue weighted by Gasteiger charge is 2.36. The fraction of sp³-hybridized carbons (Fsp3) is 0.217. The minimum Gasteiger partial charge on any atom is -0.378 e. The SMILES string of the molecule is O=C(C(O)c1ccccc1)N1CCCC1c1ccc2ccc(-c3ccc(-c4ccc5nc(C6CCCN6C(=O)C(O)c6ccccc6)[nH]c5c4)cc3)cc2n1. The maximum atomic E-state index is 13.4. The molecule has 4 unspecified atom stereocenters. The molecule has 4 heterocycles. The molecular formula is C46H41N5O4. The van der Waals surface area contributed by atoms with Crippen LogP contribution in [-0.2, 0) is 9.59 Å². The number of amides is 2. The van der Waals surface area contributed by atoms with Crippen LogP contribution in [0.2, 0.25) is 0 Å². The van der Waals surface area contributed by atoms with E-state index in [0.717, 1.165) is 81.4 Å². The van der Waals surface area contributed by atoms with Crippen LogP contribution >= 0.6 is 0 Å². The van der Waals surface area contributed by atoms with Gasteiger partial charge < -0.3 is 25.0 Å². The molecule has 2 amide bonds. The van der Waals surface area contributed by atoms with Crippen molar-refractivity contribution in [1.29, 1.82) is 0 Å². The number of hydrogen-bond acceptors (Lipinski definition) is 6. The Morgan fingerprint density at radius 3 is 1.75 bits per heavy atom. The lowest BCUT2D eigenvalue weighted by Crippen LogP contribution is -2.35. The van der Waals surface area contributed by atoms with Gasteiger partial charge in [0.25, 0.3) is 11.8 Å². The number of aliphatic hydroxyl groups excluding tert-OH is 2. The molecule has 0 aliphatic carbocycles. The highest BCUT2D eigenvalue weighted by Crippen LogP contribution is 2.37. The van der Waals surface area contributed by atoms with Crippen LogP contribution in [0.25, 0.3) is 44.2 Å². The van der Waals surface area contributed by atoms with E-state index in [0.29, 0.717) is 24.2 Å². The summed E-state index contributed by atoms with van der Waals surface area (Å²) in [5.74, 6) is 0.146.